The molecule has 2 aromatic carbocycles. The molecule has 0 radical (unpaired) electrons. The summed E-state index contributed by atoms with van der Waals surface area (Å²) < 4.78 is 0. The Morgan fingerprint density at radius 1 is 1.19 bits per heavy atom. The van der Waals surface area contributed by atoms with Gasteiger partial charge in [0.2, 0.25) is 0 Å². The molecule has 2 rings (SSSR count). The van der Waals surface area contributed by atoms with E-state index in [0.29, 0.717) is 5.56 Å². The summed E-state index contributed by atoms with van der Waals surface area (Å²) in [6, 6.07) is 13.6. The molecule has 0 saturated heterocycles. The highest BCUT2D eigenvalue weighted by Crippen LogP contribution is 2.28. The smallest absolute Gasteiger partial charge is 0.274 e. The average Bonchev–Trinajstić information content (AvgIpc) is 2.49. The molecule has 0 heterocycles. The highest BCUT2D eigenvalue weighted by molar-refractivity contribution is 5.60. The summed E-state index contributed by atoms with van der Waals surface area (Å²) in [7, 11) is 0. The first-order valence-electron chi connectivity index (χ1n) is 7.12. The van der Waals surface area contributed by atoms with Crippen molar-refractivity contribution in [3.8, 4) is 0 Å². The fourth-order valence-electron chi connectivity index (χ4n) is 2.34. The lowest BCUT2D eigenvalue weighted by molar-refractivity contribution is -0.385. The Balaban J connectivity index is 2.20. The molecule has 1 N–H and O–H groups in total. The third-order valence-corrected chi connectivity index (χ3v) is 3.76. The van der Waals surface area contributed by atoms with Gasteiger partial charge in [-0.15, -0.1) is 0 Å². The fraction of sp³-hybridized carbons (Fsp3) is 0.294. The number of hydrogen-bond acceptors (Lipinski definition) is 3. The minimum Gasteiger partial charge on any atom is -0.378 e. The SMILES string of the molecule is CCc1ccc(C(C)Nc2cccc([N+](=O)[O-])c2C)cc1. The van der Waals surface area contributed by atoms with Crippen LogP contribution in [0.3, 0.4) is 0 Å². The van der Waals surface area contributed by atoms with Gasteiger partial charge in [-0.1, -0.05) is 37.3 Å². The Bertz CT molecular complexity index is 636. The van der Waals surface area contributed by atoms with Crippen LogP contribution in [0.15, 0.2) is 42.5 Å². The molecule has 0 bridgehead atoms. The van der Waals surface area contributed by atoms with Crippen LogP contribution in [0.25, 0.3) is 0 Å². The Kier molecular flexibility index (Phi) is 4.58. The van der Waals surface area contributed by atoms with Gasteiger partial charge in [-0.3, -0.25) is 10.1 Å². The zero-order valence-corrected chi connectivity index (χ0v) is 12.6. The van der Waals surface area contributed by atoms with Crippen LogP contribution >= 0.6 is 0 Å². The van der Waals surface area contributed by atoms with Gasteiger partial charge in [0.15, 0.2) is 0 Å². The number of anilines is 1. The van der Waals surface area contributed by atoms with E-state index in [0.717, 1.165) is 17.7 Å². The molecule has 2 aromatic rings. The summed E-state index contributed by atoms with van der Waals surface area (Å²) in [4.78, 5) is 10.6. The second-order valence-corrected chi connectivity index (χ2v) is 5.17. The number of aryl methyl sites for hydroxylation is 1. The lowest BCUT2D eigenvalue weighted by atomic mass is 10.0. The largest absolute Gasteiger partial charge is 0.378 e. The molecule has 4 nitrogen and oxygen atoms in total. The van der Waals surface area contributed by atoms with Crippen molar-refractivity contribution in [2.24, 2.45) is 0 Å². The number of nitrogens with one attached hydrogen (secondary N) is 1. The van der Waals surface area contributed by atoms with Gasteiger partial charge in [0, 0.05) is 23.4 Å². The predicted molar refractivity (Wildman–Crippen MR) is 85.7 cm³/mol. The number of nitrogens with zero attached hydrogens (tertiary/aromatic N) is 1. The van der Waals surface area contributed by atoms with Gasteiger partial charge < -0.3 is 5.32 Å². The van der Waals surface area contributed by atoms with Crippen LogP contribution in [0, 0.1) is 17.0 Å². The fourth-order valence-corrected chi connectivity index (χ4v) is 2.34. The predicted octanol–water partition coefficient (Wildman–Crippen LogP) is 4.64. The molecule has 0 aliphatic heterocycles. The Morgan fingerprint density at radius 3 is 2.43 bits per heavy atom. The molecule has 1 atom stereocenters. The number of nitro groups is 1. The van der Waals surface area contributed by atoms with Crippen molar-refractivity contribution in [3.63, 3.8) is 0 Å². The van der Waals surface area contributed by atoms with Crippen molar-refractivity contribution in [1.29, 1.82) is 0 Å². The van der Waals surface area contributed by atoms with Gasteiger partial charge in [-0.05, 0) is 37.5 Å². The molecular formula is C17H20N2O2. The third-order valence-electron chi connectivity index (χ3n) is 3.76. The molecule has 0 aromatic heterocycles. The van der Waals surface area contributed by atoms with Crippen LogP contribution in [-0.2, 0) is 6.42 Å². The summed E-state index contributed by atoms with van der Waals surface area (Å²) >= 11 is 0. The highest BCUT2D eigenvalue weighted by atomic mass is 16.6. The second-order valence-electron chi connectivity index (χ2n) is 5.17. The number of hydrogen-bond donors (Lipinski definition) is 1. The van der Waals surface area contributed by atoms with E-state index < -0.39 is 0 Å². The Morgan fingerprint density at radius 2 is 1.86 bits per heavy atom. The number of rotatable bonds is 5. The lowest BCUT2D eigenvalue weighted by Crippen LogP contribution is -2.08. The van der Waals surface area contributed by atoms with E-state index in [9.17, 15) is 10.1 Å². The van der Waals surface area contributed by atoms with Crippen LogP contribution < -0.4 is 5.32 Å². The van der Waals surface area contributed by atoms with Gasteiger partial charge >= 0.3 is 0 Å². The van der Waals surface area contributed by atoms with Crippen LogP contribution in [0.4, 0.5) is 11.4 Å². The van der Waals surface area contributed by atoms with Crippen molar-refractivity contribution < 1.29 is 4.92 Å². The van der Waals surface area contributed by atoms with Gasteiger partial charge in [0.1, 0.15) is 0 Å². The summed E-state index contributed by atoms with van der Waals surface area (Å²) in [6.07, 6.45) is 1.02. The molecular weight excluding hydrogens is 264 g/mol. The van der Waals surface area contributed by atoms with E-state index in [1.165, 1.54) is 11.6 Å². The average molecular weight is 284 g/mol. The Hall–Kier alpha value is -2.36. The van der Waals surface area contributed by atoms with Crippen molar-refractivity contribution >= 4 is 11.4 Å². The standard InChI is InChI=1S/C17H20N2O2/c1-4-14-8-10-15(11-9-14)13(3)18-16-6-5-7-17(12(16)2)19(20)21/h5-11,13,18H,4H2,1-3H3. The van der Waals surface area contributed by atoms with E-state index in [1.807, 2.05) is 6.07 Å². The molecule has 0 spiro atoms. The summed E-state index contributed by atoms with van der Waals surface area (Å²) in [5.41, 5.74) is 4.08. The van der Waals surface area contributed by atoms with E-state index in [2.05, 4.69) is 43.4 Å². The van der Waals surface area contributed by atoms with Crippen molar-refractivity contribution in [2.45, 2.75) is 33.2 Å². The van der Waals surface area contributed by atoms with E-state index in [-0.39, 0.29) is 16.7 Å². The molecule has 0 aliphatic carbocycles. The monoisotopic (exact) mass is 284 g/mol. The highest BCUT2D eigenvalue weighted by Gasteiger charge is 2.14. The number of benzene rings is 2. The van der Waals surface area contributed by atoms with Gasteiger partial charge in [-0.25, -0.2) is 0 Å². The maximum absolute atomic E-state index is 11.0. The molecule has 4 heteroatoms. The summed E-state index contributed by atoms with van der Waals surface area (Å²) in [5.74, 6) is 0. The first-order valence-corrected chi connectivity index (χ1v) is 7.12. The van der Waals surface area contributed by atoms with Crippen LogP contribution in [0.2, 0.25) is 0 Å². The quantitative estimate of drug-likeness (QED) is 0.643. The van der Waals surface area contributed by atoms with Gasteiger partial charge in [0.25, 0.3) is 5.69 Å². The molecule has 1 unspecified atom stereocenters. The summed E-state index contributed by atoms with van der Waals surface area (Å²) in [5, 5.41) is 14.3. The molecule has 110 valence electrons. The van der Waals surface area contributed by atoms with E-state index in [1.54, 1.807) is 13.0 Å². The maximum Gasteiger partial charge on any atom is 0.274 e. The van der Waals surface area contributed by atoms with E-state index in [4.69, 9.17) is 0 Å². The van der Waals surface area contributed by atoms with Gasteiger partial charge in [-0.2, -0.15) is 0 Å². The minimum atomic E-state index is -0.346. The van der Waals surface area contributed by atoms with Gasteiger partial charge in [0.05, 0.1) is 4.92 Å². The zero-order chi connectivity index (χ0) is 15.4. The van der Waals surface area contributed by atoms with Crippen molar-refractivity contribution in [2.75, 3.05) is 5.32 Å². The van der Waals surface area contributed by atoms with Crippen LogP contribution in [0.5, 0.6) is 0 Å². The molecule has 21 heavy (non-hydrogen) atoms. The Labute approximate surface area is 125 Å². The molecule has 0 saturated carbocycles. The second kappa shape index (κ2) is 6.39. The maximum atomic E-state index is 11.0. The molecule has 0 fully saturated rings. The molecule has 0 aliphatic rings. The zero-order valence-electron chi connectivity index (χ0n) is 12.6. The van der Waals surface area contributed by atoms with Crippen molar-refractivity contribution in [1.82, 2.24) is 0 Å². The minimum absolute atomic E-state index is 0.0941. The number of nitro benzene ring substituents is 1. The van der Waals surface area contributed by atoms with Crippen LogP contribution in [-0.4, -0.2) is 4.92 Å². The molecule has 0 amide bonds. The third kappa shape index (κ3) is 3.40. The van der Waals surface area contributed by atoms with Crippen molar-refractivity contribution in [3.05, 3.63) is 69.3 Å². The topological polar surface area (TPSA) is 55.2 Å². The first kappa shape index (κ1) is 15.0. The normalized spacial score (nSPS) is 12.0. The first-order chi connectivity index (χ1) is 10.0. The van der Waals surface area contributed by atoms with E-state index >= 15 is 0 Å². The lowest BCUT2D eigenvalue weighted by Gasteiger charge is -2.17. The van der Waals surface area contributed by atoms with Crippen LogP contribution in [0.1, 0.15) is 36.6 Å². The summed E-state index contributed by atoms with van der Waals surface area (Å²) in [6.45, 7) is 5.95.